The molecule has 170 valence electrons. The first-order valence-corrected chi connectivity index (χ1v) is 11.7. The van der Waals surface area contributed by atoms with E-state index in [1.807, 2.05) is 30.3 Å². The fourth-order valence-electron chi connectivity index (χ4n) is 3.52. The third kappa shape index (κ3) is 5.02. The van der Waals surface area contributed by atoms with Crippen molar-refractivity contribution in [1.29, 1.82) is 0 Å². The lowest BCUT2D eigenvalue weighted by atomic mass is 10.2. The quantitative estimate of drug-likeness (QED) is 0.567. The molecule has 1 fully saturated rings. The van der Waals surface area contributed by atoms with Crippen molar-refractivity contribution in [3.05, 3.63) is 94.4 Å². The molecule has 0 saturated carbocycles. The average molecular weight is 467 g/mol. The molecule has 0 spiro atoms. The Labute approximate surface area is 190 Å². The van der Waals surface area contributed by atoms with Gasteiger partial charge < -0.3 is 15.2 Å². The third-order valence-electron chi connectivity index (χ3n) is 5.19. The lowest BCUT2D eigenvalue weighted by molar-refractivity contribution is -0.122. The second-order valence-corrected chi connectivity index (χ2v) is 9.45. The van der Waals surface area contributed by atoms with Gasteiger partial charge in [0.25, 0.3) is 11.5 Å². The first-order chi connectivity index (χ1) is 15.8. The minimum absolute atomic E-state index is 0.0513. The molecule has 9 nitrogen and oxygen atoms in total. The van der Waals surface area contributed by atoms with Gasteiger partial charge in [-0.1, -0.05) is 36.4 Å². The van der Waals surface area contributed by atoms with Crippen molar-refractivity contribution in [2.45, 2.75) is 11.4 Å². The molecule has 33 heavy (non-hydrogen) atoms. The number of benzene rings is 2. The Bertz CT molecular complexity index is 1350. The van der Waals surface area contributed by atoms with Gasteiger partial charge in [-0.3, -0.25) is 14.4 Å². The van der Waals surface area contributed by atoms with Gasteiger partial charge in [0, 0.05) is 25.0 Å². The largest absolute Gasteiger partial charge is 0.354 e. The molecule has 2 amide bonds. The molecule has 2 aromatic carbocycles. The van der Waals surface area contributed by atoms with Crippen LogP contribution in [0.15, 0.2) is 82.6 Å². The summed E-state index contributed by atoms with van der Waals surface area (Å²) in [6.45, 7) is 0.454. The molecule has 4 rings (SSSR count). The van der Waals surface area contributed by atoms with Gasteiger partial charge in [-0.2, -0.15) is 4.31 Å². The van der Waals surface area contributed by atoms with Crippen molar-refractivity contribution in [2.75, 3.05) is 25.0 Å². The zero-order valence-electron chi connectivity index (χ0n) is 17.6. The molecule has 1 saturated heterocycles. The summed E-state index contributed by atoms with van der Waals surface area (Å²) in [5, 5.41) is 5.18. The topological polar surface area (TPSA) is 118 Å². The van der Waals surface area contributed by atoms with E-state index in [9.17, 15) is 22.8 Å². The number of rotatable bonds is 6. The van der Waals surface area contributed by atoms with Crippen molar-refractivity contribution in [1.82, 2.24) is 14.2 Å². The van der Waals surface area contributed by atoms with Crippen molar-refractivity contribution in [3.8, 4) is 0 Å². The van der Waals surface area contributed by atoms with Gasteiger partial charge in [0.15, 0.2) is 0 Å². The average Bonchev–Trinajstić information content (AvgIpc) is 2.81. The predicted octanol–water partition coefficient (Wildman–Crippen LogP) is 1.27. The molecule has 2 heterocycles. The monoisotopic (exact) mass is 466 g/mol. The lowest BCUT2D eigenvalue weighted by Crippen LogP contribution is -2.49. The van der Waals surface area contributed by atoms with Crippen LogP contribution in [0.5, 0.6) is 0 Å². The van der Waals surface area contributed by atoms with Gasteiger partial charge in [-0.25, -0.2) is 8.42 Å². The van der Waals surface area contributed by atoms with Crippen molar-refractivity contribution >= 4 is 27.5 Å². The molecule has 10 heteroatoms. The van der Waals surface area contributed by atoms with Gasteiger partial charge in [0.2, 0.25) is 15.9 Å². The molecule has 1 aliphatic heterocycles. The van der Waals surface area contributed by atoms with Crippen LogP contribution in [0.25, 0.3) is 0 Å². The SMILES string of the molecule is O=C1CN(S(=O)(=O)c2cccc(NC(=O)c3cccn(Cc4ccccc4)c3=O)c2)CCN1. The van der Waals surface area contributed by atoms with Crippen LogP contribution in [0.2, 0.25) is 0 Å². The maximum Gasteiger partial charge on any atom is 0.263 e. The van der Waals surface area contributed by atoms with Crippen LogP contribution in [0, 0.1) is 0 Å². The highest BCUT2D eigenvalue weighted by molar-refractivity contribution is 7.89. The van der Waals surface area contributed by atoms with E-state index >= 15 is 0 Å². The summed E-state index contributed by atoms with van der Waals surface area (Å²) >= 11 is 0. The Morgan fingerprint density at radius 2 is 1.79 bits per heavy atom. The van der Waals surface area contributed by atoms with E-state index in [0.29, 0.717) is 6.54 Å². The fourth-order valence-corrected chi connectivity index (χ4v) is 4.96. The zero-order chi connectivity index (χ0) is 23.4. The second kappa shape index (κ2) is 9.39. The zero-order valence-corrected chi connectivity index (χ0v) is 18.4. The van der Waals surface area contributed by atoms with Crippen LogP contribution < -0.4 is 16.2 Å². The minimum Gasteiger partial charge on any atom is -0.354 e. The molecule has 2 N–H and O–H groups in total. The van der Waals surface area contributed by atoms with Gasteiger partial charge in [-0.15, -0.1) is 0 Å². The van der Waals surface area contributed by atoms with E-state index in [-0.39, 0.29) is 41.7 Å². The molecule has 1 aliphatic rings. The molecular weight excluding hydrogens is 444 g/mol. The van der Waals surface area contributed by atoms with Gasteiger partial charge in [0.1, 0.15) is 5.56 Å². The Kier molecular flexibility index (Phi) is 6.38. The van der Waals surface area contributed by atoms with E-state index in [1.54, 1.807) is 12.3 Å². The standard InChI is InChI=1S/C23H22N4O5S/c28-21-16-27(13-11-24-21)33(31,32)19-9-4-8-18(14-19)25-22(29)20-10-5-12-26(23(20)30)15-17-6-2-1-3-7-17/h1-10,12,14H,11,13,15-16H2,(H,24,28)(H,25,29). The van der Waals surface area contributed by atoms with E-state index in [0.717, 1.165) is 9.87 Å². The van der Waals surface area contributed by atoms with Crippen molar-refractivity contribution in [3.63, 3.8) is 0 Å². The van der Waals surface area contributed by atoms with Crippen LogP contribution in [-0.4, -0.2) is 48.7 Å². The Morgan fingerprint density at radius 1 is 1.00 bits per heavy atom. The molecule has 0 radical (unpaired) electrons. The number of pyridine rings is 1. The molecule has 0 aliphatic carbocycles. The number of amides is 2. The molecule has 3 aromatic rings. The highest BCUT2D eigenvalue weighted by atomic mass is 32.2. The summed E-state index contributed by atoms with van der Waals surface area (Å²) in [5.74, 6) is -1.01. The molecule has 1 aromatic heterocycles. The Morgan fingerprint density at radius 3 is 2.55 bits per heavy atom. The van der Waals surface area contributed by atoms with E-state index in [4.69, 9.17) is 0 Å². The van der Waals surface area contributed by atoms with Crippen LogP contribution >= 0.6 is 0 Å². The number of carbonyl (C=O) groups excluding carboxylic acids is 2. The number of aromatic nitrogens is 1. The first-order valence-electron chi connectivity index (χ1n) is 10.3. The van der Waals surface area contributed by atoms with Crippen molar-refractivity contribution in [2.24, 2.45) is 0 Å². The predicted molar refractivity (Wildman–Crippen MR) is 122 cm³/mol. The van der Waals surface area contributed by atoms with Gasteiger partial charge >= 0.3 is 0 Å². The molecular formula is C23H22N4O5S. The summed E-state index contributed by atoms with van der Waals surface area (Å²) < 4.78 is 28.3. The maximum absolute atomic E-state index is 12.9. The number of nitrogens with zero attached hydrogens (tertiary/aromatic N) is 2. The highest BCUT2D eigenvalue weighted by Gasteiger charge is 2.29. The lowest BCUT2D eigenvalue weighted by Gasteiger charge is -2.26. The number of anilines is 1. The minimum atomic E-state index is -3.91. The Balaban J connectivity index is 1.54. The summed E-state index contributed by atoms with van der Waals surface area (Å²) in [6, 6.07) is 18.2. The fraction of sp³-hybridized carbons (Fsp3) is 0.174. The van der Waals surface area contributed by atoms with Crippen LogP contribution in [0.1, 0.15) is 15.9 Å². The normalized spacial score (nSPS) is 14.5. The summed E-state index contributed by atoms with van der Waals surface area (Å²) in [5.41, 5.74) is 0.623. The van der Waals surface area contributed by atoms with E-state index in [1.165, 1.54) is 34.9 Å². The number of hydrogen-bond donors (Lipinski definition) is 2. The summed E-state index contributed by atoms with van der Waals surface area (Å²) in [7, 11) is -3.91. The van der Waals surface area contributed by atoms with Crippen LogP contribution in [0.3, 0.4) is 0 Å². The smallest absolute Gasteiger partial charge is 0.263 e. The molecule has 0 atom stereocenters. The van der Waals surface area contributed by atoms with Crippen LogP contribution in [0.4, 0.5) is 5.69 Å². The summed E-state index contributed by atoms with van der Waals surface area (Å²) in [6.07, 6.45) is 1.61. The third-order valence-corrected chi connectivity index (χ3v) is 7.03. The van der Waals surface area contributed by atoms with E-state index < -0.39 is 21.5 Å². The highest BCUT2D eigenvalue weighted by Crippen LogP contribution is 2.20. The van der Waals surface area contributed by atoms with Gasteiger partial charge in [-0.05, 0) is 35.9 Å². The number of sulfonamides is 1. The second-order valence-electron chi connectivity index (χ2n) is 7.51. The summed E-state index contributed by atoms with van der Waals surface area (Å²) in [4.78, 5) is 37.2. The maximum atomic E-state index is 12.9. The first kappa shape index (κ1) is 22.4. The number of hydrogen-bond acceptors (Lipinski definition) is 5. The van der Waals surface area contributed by atoms with Gasteiger partial charge in [0.05, 0.1) is 18.0 Å². The Hall–Kier alpha value is -3.76. The number of piperazine rings is 1. The van der Waals surface area contributed by atoms with E-state index in [2.05, 4.69) is 10.6 Å². The molecule has 0 bridgehead atoms. The number of carbonyl (C=O) groups is 2. The van der Waals surface area contributed by atoms with Crippen LogP contribution in [-0.2, 0) is 21.4 Å². The van der Waals surface area contributed by atoms with Crippen molar-refractivity contribution < 1.29 is 18.0 Å². The molecule has 0 unspecified atom stereocenters. The number of nitrogens with one attached hydrogen (secondary N) is 2.